The Hall–Kier alpha value is -3.30. The highest BCUT2D eigenvalue weighted by Gasteiger charge is 2.37. The van der Waals surface area contributed by atoms with E-state index in [1.165, 1.54) is 0 Å². The summed E-state index contributed by atoms with van der Waals surface area (Å²) in [7, 11) is 0. The first-order valence-corrected chi connectivity index (χ1v) is 17.3. The standard InChI is InChI=1S/C34H59NO14/c1-5-6-12-21(3)32(49-31(43)18-24(34(46)47)16-29(40)41)27(48-30(42)17-23(33(44)45)15-28(38)39)14-20(2)11-9-7-8-10-13-25(36)19-26(37)22(4)35/h20-27,32,36-37H,5-19,35H2,1-4H3,(H,38,39)(H,40,41)(H,44,45)(H,46,47)/t20-,21+,22-,23?,24?,25-,26-,27-,32-/m0/s1. The fourth-order valence-corrected chi connectivity index (χ4v) is 5.58. The summed E-state index contributed by atoms with van der Waals surface area (Å²) in [6.45, 7) is 7.31. The number of unbranched alkanes of at least 4 members (excludes halogenated alkanes) is 4. The second kappa shape index (κ2) is 24.8. The van der Waals surface area contributed by atoms with Gasteiger partial charge in [-0.3, -0.25) is 28.8 Å². The zero-order chi connectivity index (χ0) is 37.7. The Balaban J connectivity index is 5.84. The van der Waals surface area contributed by atoms with E-state index in [1.54, 1.807) is 13.8 Å². The molecule has 0 saturated carbocycles. The Kier molecular flexibility index (Phi) is 23.1. The molecule has 0 spiro atoms. The van der Waals surface area contributed by atoms with Crippen LogP contribution >= 0.6 is 0 Å². The molecule has 2 unspecified atom stereocenters. The van der Waals surface area contributed by atoms with Crippen LogP contribution in [0.4, 0.5) is 0 Å². The molecule has 0 aliphatic heterocycles. The summed E-state index contributed by atoms with van der Waals surface area (Å²) in [5.74, 6) is -11.3. The van der Waals surface area contributed by atoms with Crippen LogP contribution in [0.15, 0.2) is 0 Å². The zero-order valence-corrected chi connectivity index (χ0v) is 29.3. The number of hydrogen-bond donors (Lipinski definition) is 7. The van der Waals surface area contributed by atoms with Crippen LogP contribution in [0, 0.1) is 23.7 Å². The fraction of sp³-hybridized carbons (Fsp3) is 0.824. The van der Waals surface area contributed by atoms with Crippen LogP contribution in [0.2, 0.25) is 0 Å². The summed E-state index contributed by atoms with van der Waals surface area (Å²) >= 11 is 0. The van der Waals surface area contributed by atoms with Gasteiger partial charge in [-0.2, -0.15) is 0 Å². The zero-order valence-electron chi connectivity index (χ0n) is 29.3. The molecule has 0 aromatic carbocycles. The van der Waals surface area contributed by atoms with E-state index < -0.39 is 110 Å². The summed E-state index contributed by atoms with van der Waals surface area (Å²) in [4.78, 5) is 71.6. The average molecular weight is 706 g/mol. The number of carbonyl (C=O) groups excluding carboxylic acids is 2. The highest BCUT2D eigenvalue weighted by Crippen LogP contribution is 2.29. The van der Waals surface area contributed by atoms with Gasteiger partial charge in [0.25, 0.3) is 0 Å². The minimum atomic E-state index is -1.55. The molecule has 0 amide bonds. The van der Waals surface area contributed by atoms with E-state index in [0.717, 1.165) is 38.5 Å². The van der Waals surface area contributed by atoms with Crippen molar-refractivity contribution in [2.75, 3.05) is 0 Å². The predicted molar refractivity (Wildman–Crippen MR) is 176 cm³/mol. The van der Waals surface area contributed by atoms with Crippen molar-refractivity contribution < 1.29 is 68.9 Å². The summed E-state index contributed by atoms with van der Waals surface area (Å²) in [5.41, 5.74) is 5.64. The van der Waals surface area contributed by atoms with Gasteiger partial charge in [0.15, 0.2) is 0 Å². The van der Waals surface area contributed by atoms with E-state index in [0.29, 0.717) is 19.3 Å². The molecule has 0 aromatic rings. The molecule has 8 N–H and O–H groups in total. The lowest BCUT2D eigenvalue weighted by Gasteiger charge is -2.33. The number of rotatable bonds is 29. The molecule has 284 valence electrons. The van der Waals surface area contributed by atoms with Gasteiger partial charge >= 0.3 is 35.8 Å². The number of aliphatic hydroxyl groups excluding tert-OH is 2. The van der Waals surface area contributed by atoms with Crippen LogP contribution in [-0.2, 0) is 38.2 Å². The van der Waals surface area contributed by atoms with E-state index in [9.17, 15) is 49.2 Å². The van der Waals surface area contributed by atoms with Crippen molar-refractivity contribution in [1.29, 1.82) is 0 Å². The molecule has 0 aliphatic carbocycles. The van der Waals surface area contributed by atoms with Gasteiger partial charge in [-0.1, -0.05) is 65.7 Å². The fourth-order valence-electron chi connectivity index (χ4n) is 5.58. The second-order valence-electron chi connectivity index (χ2n) is 13.4. The number of ether oxygens (including phenoxy) is 2. The highest BCUT2D eigenvalue weighted by atomic mass is 16.6. The van der Waals surface area contributed by atoms with Crippen molar-refractivity contribution in [3.63, 3.8) is 0 Å². The number of hydrogen-bond acceptors (Lipinski definition) is 11. The third-order valence-corrected chi connectivity index (χ3v) is 8.60. The number of carboxylic acid groups (broad SMARTS) is 4. The van der Waals surface area contributed by atoms with Crippen molar-refractivity contribution in [2.45, 2.75) is 154 Å². The Morgan fingerprint density at radius 2 is 1.12 bits per heavy atom. The molecule has 0 radical (unpaired) electrons. The van der Waals surface area contributed by atoms with E-state index in [4.69, 9.17) is 25.4 Å². The predicted octanol–water partition coefficient (Wildman–Crippen LogP) is 3.59. The van der Waals surface area contributed by atoms with Crippen LogP contribution in [0.1, 0.15) is 124 Å². The number of carbonyl (C=O) groups is 6. The lowest BCUT2D eigenvalue weighted by molar-refractivity contribution is -0.177. The van der Waals surface area contributed by atoms with Gasteiger partial charge in [0.05, 0.1) is 49.7 Å². The molecule has 0 fully saturated rings. The van der Waals surface area contributed by atoms with E-state index >= 15 is 0 Å². The minimum Gasteiger partial charge on any atom is -0.481 e. The SMILES string of the molecule is CCCC[C@@H](C)[C@H](OC(=O)CC(CC(=O)O)C(=O)O)[C@H](C[C@@H](C)CCCCCC[C@H](O)C[C@H](O)[C@H](C)N)OC(=O)CC(CC(=O)O)C(=O)O. The van der Waals surface area contributed by atoms with Crippen LogP contribution in [0.3, 0.4) is 0 Å². The van der Waals surface area contributed by atoms with Crippen LogP contribution in [0.5, 0.6) is 0 Å². The van der Waals surface area contributed by atoms with E-state index in [-0.39, 0.29) is 18.8 Å². The lowest BCUT2D eigenvalue weighted by Crippen LogP contribution is -2.42. The van der Waals surface area contributed by atoms with Crippen molar-refractivity contribution in [2.24, 2.45) is 29.4 Å². The van der Waals surface area contributed by atoms with Crippen LogP contribution in [0.25, 0.3) is 0 Å². The maximum absolute atomic E-state index is 13.0. The molecule has 0 rings (SSSR count). The molecule has 0 aromatic heterocycles. The minimum absolute atomic E-state index is 0.0859. The first-order valence-electron chi connectivity index (χ1n) is 17.3. The third-order valence-electron chi connectivity index (χ3n) is 8.60. The molecular weight excluding hydrogens is 646 g/mol. The van der Waals surface area contributed by atoms with Gasteiger partial charge in [0.1, 0.15) is 12.2 Å². The Morgan fingerprint density at radius 1 is 0.633 bits per heavy atom. The summed E-state index contributed by atoms with van der Waals surface area (Å²) in [6.07, 6.45) is 0.203. The number of aliphatic carboxylic acids is 4. The second-order valence-corrected chi connectivity index (χ2v) is 13.4. The van der Waals surface area contributed by atoms with Crippen molar-refractivity contribution >= 4 is 35.8 Å². The van der Waals surface area contributed by atoms with Crippen LogP contribution in [-0.4, -0.2) is 96.9 Å². The van der Waals surface area contributed by atoms with Gasteiger partial charge in [0, 0.05) is 12.5 Å². The van der Waals surface area contributed by atoms with Crippen molar-refractivity contribution in [3.05, 3.63) is 0 Å². The quantitative estimate of drug-likeness (QED) is 0.0433. The molecule has 0 saturated heterocycles. The molecule has 49 heavy (non-hydrogen) atoms. The summed E-state index contributed by atoms with van der Waals surface area (Å²) in [5, 5.41) is 57.0. The van der Waals surface area contributed by atoms with Gasteiger partial charge in [-0.25, -0.2) is 0 Å². The Bertz CT molecular complexity index is 1030. The molecule has 0 heterocycles. The van der Waals surface area contributed by atoms with Gasteiger partial charge in [-0.15, -0.1) is 0 Å². The number of esters is 2. The first-order chi connectivity index (χ1) is 22.9. The van der Waals surface area contributed by atoms with Gasteiger partial charge in [-0.05, 0) is 38.0 Å². The average Bonchev–Trinajstić information content (AvgIpc) is 2.98. The molecule has 15 heteroatoms. The Morgan fingerprint density at radius 3 is 1.57 bits per heavy atom. The molecule has 0 aliphatic rings. The monoisotopic (exact) mass is 705 g/mol. The topological polar surface area (TPSA) is 268 Å². The number of nitrogens with two attached hydrogens (primary N) is 1. The largest absolute Gasteiger partial charge is 0.481 e. The molecule has 15 nitrogen and oxygen atoms in total. The molecule has 9 atom stereocenters. The lowest BCUT2D eigenvalue weighted by atomic mass is 9.87. The van der Waals surface area contributed by atoms with E-state index in [2.05, 4.69) is 0 Å². The summed E-state index contributed by atoms with van der Waals surface area (Å²) < 4.78 is 11.5. The molecule has 0 bridgehead atoms. The van der Waals surface area contributed by atoms with Crippen molar-refractivity contribution in [3.8, 4) is 0 Å². The smallest absolute Gasteiger partial charge is 0.307 e. The Labute approximate surface area is 288 Å². The summed E-state index contributed by atoms with van der Waals surface area (Å²) in [6, 6.07) is -0.432. The number of carboxylic acids is 4. The number of aliphatic hydroxyl groups is 2. The van der Waals surface area contributed by atoms with Crippen molar-refractivity contribution in [1.82, 2.24) is 0 Å². The maximum atomic E-state index is 13.0. The normalized spacial score (nSPS) is 17.0. The van der Waals surface area contributed by atoms with E-state index in [1.807, 2.05) is 13.8 Å². The first kappa shape index (κ1) is 45.7. The third kappa shape index (κ3) is 21.4. The highest BCUT2D eigenvalue weighted by molar-refractivity contribution is 5.83. The molecular formula is C34H59NO14. The van der Waals surface area contributed by atoms with Crippen LogP contribution < -0.4 is 5.73 Å². The maximum Gasteiger partial charge on any atom is 0.307 e. The van der Waals surface area contributed by atoms with Gasteiger partial charge < -0.3 is 45.8 Å². The van der Waals surface area contributed by atoms with Gasteiger partial charge in [0.2, 0.25) is 0 Å².